The molecule has 1 nitrogen and oxygen atoms in total. The molecular weight excluding hydrogens is 184 g/mol. The third-order valence-corrected chi connectivity index (χ3v) is 2.16. The molecule has 0 saturated heterocycles. The third-order valence-electron chi connectivity index (χ3n) is 1.91. The summed E-state index contributed by atoms with van der Waals surface area (Å²) in [5, 5.41) is 10.2. The quantitative estimate of drug-likeness (QED) is 0.738. The number of aliphatic hydroxyl groups excluding tert-OH is 1. The van der Waals surface area contributed by atoms with Crippen molar-refractivity contribution in [3.8, 4) is 0 Å². The molecule has 0 aliphatic carbocycles. The van der Waals surface area contributed by atoms with Crippen LogP contribution in [-0.4, -0.2) is 11.2 Å². The van der Waals surface area contributed by atoms with Crippen molar-refractivity contribution in [3.05, 3.63) is 47.0 Å². The van der Waals surface area contributed by atoms with Crippen LogP contribution in [0.1, 0.15) is 12.5 Å². The van der Waals surface area contributed by atoms with Crippen LogP contribution in [0, 0.1) is 0 Å². The maximum atomic E-state index is 9.52. The second-order valence-electron chi connectivity index (χ2n) is 3.19. The Morgan fingerprint density at radius 3 is 2.46 bits per heavy atom. The first-order valence-electron chi connectivity index (χ1n) is 4.17. The zero-order valence-electron chi connectivity index (χ0n) is 7.63. The van der Waals surface area contributed by atoms with Crippen molar-refractivity contribution in [2.45, 2.75) is 19.4 Å². The van der Waals surface area contributed by atoms with Crippen LogP contribution in [0.3, 0.4) is 0 Å². The number of rotatable bonds is 3. The molecule has 70 valence electrons. The molecule has 1 aromatic carbocycles. The fourth-order valence-electron chi connectivity index (χ4n) is 1.02. The molecule has 1 atom stereocenters. The van der Waals surface area contributed by atoms with Crippen molar-refractivity contribution in [1.82, 2.24) is 0 Å². The van der Waals surface area contributed by atoms with Gasteiger partial charge in [-0.2, -0.15) is 0 Å². The Morgan fingerprint density at radius 2 is 2.00 bits per heavy atom. The van der Waals surface area contributed by atoms with Gasteiger partial charge >= 0.3 is 0 Å². The van der Waals surface area contributed by atoms with Crippen LogP contribution in [0.15, 0.2) is 36.4 Å². The normalized spacial score (nSPS) is 12.5. The van der Waals surface area contributed by atoms with Gasteiger partial charge in [0.15, 0.2) is 0 Å². The van der Waals surface area contributed by atoms with Gasteiger partial charge in [-0.25, -0.2) is 0 Å². The fraction of sp³-hybridized carbons (Fsp3) is 0.273. The summed E-state index contributed by atoms with van der Waals surface area (Å²) in [4.78, 5) is 0. The van der Waals surface area contributed by atoms with Crippen molar-refractivity contribution in [1.29, 1.82) is 0 Å². The first-order valence-corrected chi connectivity index (χ1v) is 4.55. The Morgan fingerprint density at radius 1 is 1.46 bits per heavy atom. The summed E-state index contributed by atoms with van der Waals surface area (Å²) in [5.41, 5.74) is 1.86. The van der Waals surface area contributed by atoms with E-state index in [4.69, 9.17) is 11.6 Å². The van der Waals surface area contributed by atoms with E-state index in [1.807, 2.05) is 31.2 Å². The molecule has 0 bridgehead atoms. The Labute approximate surface area is 83.7 Å². The molecule has 0 aliphatic rings. The highest BCUT2D eigenvalue weighted by atomic mass is 35.5. The minimum atomic E-state index is -0.457. The van der Waals surface area contributed by atoms with Gasteiger partial charge in [0.1, 0.15) is 0 Å². The predicted molar refractivity (Wildman–Crippen MR) is 56.0 cm³/mol. The molecule has 0 aliphatic heterocycles. The zero-order chi connectivity index (χ0) is 9.84. The van der Waals surface area contributed by atoms with Gasteiger partial charge in [-0.15, -0.1) is 0 Å². The van der Waals surface area contributed by atoms with Crippen LogP contribution in [0.25, 0.3) is 0 Å². The van der Waals surface area contributed by atoms with E-state index >= 15 is 0 Å². The lowest BCUT2D eigenvalue weighted by Crippen LogP contribution is -2.10. The molecule has 0 amide bonds. The minimum absolute atomic E-state index is 0.457. The highest BCUT2D eigenvalue weighted by molar-refractivity contribution is 6.30. The number of aliphatic hydroxyl groups is 1. The van der Waals surface area contributed by atoms with Gasteiger partial charge in [0, 0.05) is 11.4 Å². The van der Waals surface area contributed by atoms with Crippen molar-refractivity contribution in [3.63, 3.8) is 0 Å². The molecule has 1 unspecified atom stereocenters. The first-order chi connectivity index (χ1) is 6.09. The van der Waals surface area contributed by atoms with Gasteiger partial charge in [-0.05, 0) is 24.6 Å². The highest BCUT2D eigenvalue weighted by Gasteiger charge is 2.05. The summed E-state index contributed by atoms with van der Waals surface area (Å²) in [6, 6.07) is 7.47. The second kappa shape index (κ2) is 4.45. The molecule has 0 heterocycles. The predicted octanol–water partition coefficient (Wildman–Crippen LogP) is 2.82. The van der Waals surface area contributed by atoms with E-state index in [2.05, 4.69) is 6.58 Å². The number of benzene rings is 1. The summed E-state index contributed by atoms with van der Waals surface area (Å²) in [6.45, 7) is 5.51. The van der Waals surface area contributed by atoms with Gasteiger partial charge in [-0.1, -0.05) is 35.9 Å². The van der Waals surface area contributed by atoms with Crippen LogP contribution in [-0.2, 0) is 6.42 Å². The third kappa shape index (κ3) is 3.21. The molecule has 1 rings (SSSR count). The Balaban J connectivity index is 2.64. The average Bonchev–Trinajstić information content (AvgIpc) is 2.08. The molecule has 0 radical (unpaired) electrons. The molecule has 0 fully saturated rings. The van der Waals surface area contributed by atoms with Gasteiger partial charge in [0.2, 0.25) is 0 Å². The minimum Gasteiger partial charge on any atom is -0.388 e. The van der Waals surface area contributed by atoms with E-state index in [0.29, 0.717) is 11.4 Å². The summed E-state index contributed by atoms with van der Waals surface area (Å²) < 4.78 is 0. The summed E-state index contributed by atoms with van der Waals surface area (Å²) in [7, 11) is 0. The summed E-state index contributed by atoms with van der Waals surface area (Å²) in [6.07, 6.45) is 0.146. The lowest BCUT2D eigenvalue weighted by molar-refractivity contribution is 0.212. The van der Waals surface area contributed by atoms with E-state index in [1.165, 1.54) is 0 Å². The van der Waals surface area contributed by atoms with E-state index in [1.54, 1.807) is 0 Å². The smallest absolute Gasteiger partial charge is 0.0785 e. The second-order valence-corrected chi connectivity index (χ2v) is 3.63. The van der Waals surface area contributed by atoms with Crippen molar-refractivity contribution in [2.24, 2.45) is 0 Å². The van der Waals surface area contributed by atoms with Gasteiger partial charge in [-0.3, -0.25) is 0 Å². The fourth-order valence-corrected chi connectivity index (χ4v) is 1.14. The van der Waals surface area contributed by atoms with Gasteiger partial charge in [0.25, 0.3) is 0 Å². The first kappa shape index (κ1) is 10.3. The van der Waals surface area contributed by atoms with E-state index in [9.17, 15) is 5.11 Å². The van der Waals surface area contributed by atoms with Crippen molar-refractivity contribution >= 4 is 11.6 Å². The largest absolute Gasteiger partial charge is 0.388 e. The van der Waals surface area contributed by atoms with E-state index < -0.39 is 6.10 Å². The molecule has 13 heavy (non-hydrogen) atoms. The van der Waals surface area contributed by atoms with Gasteiger partial charge in [0.05, 0.1) is 6.10 Å². The lowest BCUT2D eigenvalue weighted by Gasteiger charge is -2.09. The van der Waals surface area contributed by atoms with Crippen molar-refractivity contribution < 1.29 is 5.11 Å². The van der Waals surface area contributed by atoms with E-state index in [-0.39, 0.29) is 0 Å². The maximum Gasteiger partial charge on any atom is 0.0785 e. The topological polar surface area (TPSA) is 20.2 Å². The van der Waals surface area contributed by atoms with Gasteiger partial charge < -0.3 is 5.11 Å². The van der Waals surface area contributed by atoms with Crippen LogP contribution >= 0.6 is 11.6 Å². The Hall–Kier alpha value is -0.790. The maximum absolute atomic E-state index is 9.52. The summed E-state index contributed by atoms with van der Waals surface area (Å²) in [5.74, 6) is 0. The molecular formula is C11H13ClO. The van der Waals surface area contributed by atoms with Crippen LogP contribution in [0.4, 0.5) is 0 Å². The molecule has 0 spiro atoms. The van der Waals surface area contributed by atoms with Crippen LogP contribution < -0.4 is 0 Å². The Kier molecular flexibility index (Phi) is 3.52. The summed E-state index contributed by atoms with van der Waals surface area (Å²) >= 11 is 5.73. The van der Waals surface area contributed by atoms with Crippen molar-refractivity contribution in [2.75, 3.05) is 0 Å². The lowest BCUT2D eigenvalue weighted by atomic mass is 10.0. The monoisotopic (exact) mass is 196 g/mol. The Bertz CT molecular complexity index is 289. The SMILES string of the molecule is C=C(C)C(O)Cc1ccc(Cl)cc1. The number of hydrogen-bond donors (Lipinski definition) is 1. The molecule has 1 N–H and O–H groups in total. The van der Waals surface area contributed by atoms with Crippen LogP contribution in [0.5, 0.6) is 0 Å². The molecule has 1 aromatic rings. The zero-order valence-corrected chi connectivity index (χ0v) is 8.38. The van der Waals surface area contributed by atoms with Crippen LogP contribution in [0.2, 0.25) is 5.02 Å². The highest BCUT2D eigenvalue weighted by Crippen LogP contribution is 2.12. The standard InChI is InChI=1S/C11H13ClO/c1-8(2)11(13)7-9-3-5-10(12)6-4-9/h3-6,11,13H,1,7H2,2H3. The molecule has 0 saturated carbocycles. The average molecular weight is 197 g/mol. The van der Waals surface area contributed by atoms with E-state index in [0.717, 1.165) is 11.1 Å². The number of halogens is 1. The number of hydrogen-bond acceptors (Lipinski definition) is 1. The molecule has 0 aromatic heterocycles. The molecule has 2 heteroatoms.